The van der Waals surface area contributed by atoms with Crippen molar-refractivity contribution in [3.05, 3.63) is 34.6 Å². The summed E-state index contributed by atoms with van der Waals surface area (Å²) in [6.07, 6.45) is 1.59. The van der Waals surface area contributed by atoms with Crippen LogP contribution in [0.25, 0.3) is 0 Å². The van der Waals surface area contributed by atoms with E-state index in [-0.39, 0.29) is 16.9 Å². The number of hydrogen-bond donors (Lipinski definition) is 2. The topological polar surface area (TPSA) is 47.3 Å². The zero-order chi connectivity index (χ0) is 13.8. The third-order valence-corrected chi connectivity index (χ3v) is 4.33. The van der Waals surface area contributed by atoms with E-state index in [0.29, 0.717) is 18.3 Å². The summed E-state index contributed by atoms with van der Waals surface area (Å²) < 4.78 is 18.9. The summed E-state index contributed by atoms with van der Waals surface area (Å²) in [6.45, 7) is 3.66. The summed E-state index contributed by atoms with van der Waals surface area (Å²) in [6, 6.07) is 4.98. The summed E-state index contributed by atoms with van der Waals surface area (Å²) >= 11 is 6.00. The predicted molar refractivity (Wildman–Crippen MR) is 74.3 cm³/mol. The maximum atomic E-state index is 13.4. The van der Waals surface area contributed by atoms with E-state index in [0.717, 1.165) is 25.2 Å². The van der Waals surface area contributed by atoms with Crippen LogP contribution < -0.4 is 11.3 Å². The molecule has 5 heteroatoms. The number of benzene rings is 1. The Morgan fingerprint density at radius 2 is 2.37 bits per heavy atom. The molecule has 1 fully saturated rings. The fourth-order valence-corrected chi connectivity index (χ4v) is 2.97. The average Bonchev–Trinajstić information content (AvgIpc) is 2.41. The van der Waals surface area contributed by atoms with E-state index in [1.807, 2.05) is 6.07 Å². The van der Waals surface area contributed by atoms with Crippen molar-refractivity contribution in [2.75, 3.05) is 13.2 Å². The van der Waals surface area contributed by atoms with E-state index in [1.54, 1.807) is 6.07 Å². The molecule has 3 unspecified atom stereocenters. The molecule has 106 valence electrons. The number of halogens is 2. The second kappa shape index (κ2) is 6.66. The second-order valence-electron chi connectivity index (χ2n) is 5.19. The van der Waals surface area contributed by atoms with Gasteiger partial charge >= 0.3 is 0 Å². The molecule has 1 heterocycles. The van der Waals surface area contributed by atoms with Gasteiger partial charge in [-0.05, 0) is 36.3 Å². The molecule has 1 aliphatic heterocycles. The lowest BCUT2D eigenvalue weighted by molar-refractivity contribution is 0.0109. The molecule has 3 N–H and O–H groups in total. The summed E-state index contributed by atoms with van der Waals surface area (Å²) in [5, 5.41) is 0.197. The van der Waals surface area contributed by atoms with Gasteiger partial charge in [0.15, 0.2) is 0 Å². The molecule has 0 aromatic heterocycles. The van der Waals surface area contributed by atoms with E-state index in [9.17, 15) is 4.39 Å². The summed E-state index contributed by atoms with van der Waals surface area (Å²) in [7, 11) is 0. The van der Waals surface area contributed by atoms with E-state index in [1.165, 1.54) is 6.07 Å². The zero-order valence-corrected chi connectivity index (χ0v) is 11.8. The standard InChI is InChI=1S/C14H20ClFN2O/c1-9-8-19-6-5-11(9)13(18-17)7-10-3-2-4-12(16)14(10)15/h2-4,9,11,13,18H,5-8,17H2,1H3. The minimum Gasteiger partial charge on any atom is -0.381 e. The fraction of sp³-hybridized carbons (Fsp3) is 0.571. The first-order valence-corrected chi connectivity index (χ1v) is 6.98. The lowest BCUT2D eigenvalue weighted by Crippen LogP contribution is -2.47. The van der Waals surface area contributed by atoms with E-state index < -0.39 is 0 Å². The van der Waals surface area contributed by atoms with Gasteiger partial charge in [0.1, 0.15) is 5.82 Å². The van der Waals surface area contributed by atoms with Crippen molar-refractivity contribution < 1.29 is 9.13 Å². The van der Waals surface area contributed by atoms with Crippen LogP contribution in [0.1, 0.15) is 18.9 Å². The van der Waals surface area contributed by atoms with Gasteiger partial charge in [0.25, 0.3) is 0 Å². The number of nitrogens with one attached hydrogen (secondary N) is 1. The maximum Gasteiger partial charge on any atom is 0.142 e. The molecule has 0 amide bonds. The average molecular weight is 287 g/mol. The number of ether oxygens (including phenoxy) is 1. The zero-order valence-electron chi connectivity index (χ0n) is 11.0. The second-order valence-corrected chi connectivity index (χ2v) is 5.57. The van der Waals surface area contributed by atoms with Crippen LogP contribution in [0, 0.1) is 17.7 Å². The Labute approximate surface area is 118 Å². The van der Waals surface area contributed by atoms with Crippen molar-refractivity contribution in [2.24, 2.45) is 17.7 Å². The van der Waals surface area contributed by atoms with Gasteiger partial charge < -0.3 is 4.74 Å². The Kier molecular flexibility index (Phi) is 5.16. The quantitative estimate of drug-likeness (QED) is 0.660. The summed E-state index contributed by atoms with van der Waals surface area (Å²) in [5.74, 6) is 6.14. The molecule has 1 saturated heterocycles. The van der Waals surface area contributed by atoms with Crippen LogP contribution in [0.3, 0.4) is 0 Å². The van der Waals surface area contributed by atoms with Gasteiger partial charge in [-0.2, -0.15) is 0 Å². The number of rotatable bonds is 4. The van der Waals surface area contributed by atoms with Crippen LogP contribution in [-0.2, 0) is 11.2 Å². The van der Waals surface area contributed by atoms with Crippen molar-refractivity contribution in [1.82, 2.24) is 5.43 Å². The van der Waals surface area contributed by atoms with Crippen LogP contribution in [0.4, 0.5) is 4.39 Å². The highest BCUT2D eigenvalue weighted by atomic mass is 35.5. The van der Waals surface area contributed by atoms with Crippen LogP contribution in [0.5, 0.6) is 0 Å². The smallest absolute Gasteiger partial charge is 0.142 e. The molecule has 0 radical (unpaired) electrons. The van der Waals surface area contributed by atoms with Gasteiger partial charge in [0.05, 0.1) is 5.02 Å². The lowest BCUT2D eigenvalue weighted by Gasteiger charge is -2.35. The highest BCUT2D eigenvalue weighted by molar-refractivity contribution is 6.31. The fourth-order valence-electron chi connectivity index (χ4n) is 2.77. The number of hydrogen-bond acceptors (Lipinski definition) is 3. The van der Waals surface area contributed by atoms with Crippen molar-refractivity contribution in [1.29, 1.82) is 0 Å². The molecule has 2 rings (SSSR count). The SMILES string of the molecule is CC1COCCC1C(Cc1cccc(F)c1Cl)NN. The minimum atomic E-state index is -0.380. The van der Waals surface area contributed by atoms with Gasteiger partial charge in [-0.25, -0.2) is 4.39 Å². The van der Waals surface area contributed by atoms with Crippen LogP contribution in [0.2, 0.25) is 5.02 Å². The van der Waals surface area contributed by atoms with Gasteiger partial charge in [0, 0.05) is 19.3 Å². The van der Waals surface area contributed by atoms with Crippen LogP contribution in [0.15, 0.2) is 18.2 Å². The van der Waals surface area contributed by atoms with Gasteiger partial charge in [-0.1, -0.05) is 30.7 Å². The summed E-state index contributed by atoms with van der Waals surface area (Å²) in [5.41, 5.74) is 3.66. The molecule has 0 saturated carbocycles. The van der Waals surface area contributed by atoms with Crippen LogP contribution in [-0.4, -0.2) is 19.3 Å². The number of nitrogens with two attached hydrogens (primary N) is 1. The first-order valence-electron chi connectivity index (χ1n) is 6.60. The molecular formula is C14H20ClFN2O. The highest BCUT2D eigenvalue weighted by Crippen LogP contribution is 2.28. The Morgan fingerprint density at radius 1 is 1.58 bits per heavy atom. The van der Waals surface area contributed by atoms with Crippen molar-refractivity contribution >= 4 is 11.6 Å². The van der Waals surface area contributed by atoms with E-state index in [4.69, 9.17) is 22.2 Å². The van der Waals surface area contributed by atoms with Crippen molar-refractivity contribution in [2.45, 2.75) is 25.8 Å². The maximum absolute atomic E-state index is 13.4. The molecule has 0 bridgehead atoms. The van der Waals surface area contributed by atoms with Crippen molar-refractivity contribution in [3.63, 3.8) is 0 Å². The van der Waals surface area contributed by atoms with Crippen LogP contribution >= 0.6 is 11.6 Å². The molecule has 0 spiro atoms. The Morgan fingerprint density at radius 3 is 3.05 bits per heavy atom. The van der Waals surface area contributed by atoms with Gasteiger partial charge in [0.2, 0.25) is 0 Å². The molecule has 1 aromatic carbocycles. The molecule has 3 atom stereocenters. The largest absolute Gasteiger partial charge is 0.381 e. The van der Waals surface area contributed by atoms with Crippen molar-refractivity contribution in [3.8, 4) is 0 Å². The predicted octanol–water partition coefficient (Wildman–Crippen LogP) is 2.53. The first-order chi connectivity index (χ1) is 9.13. The minimum absolute atomic E-state index is 0.0817. The molecular weight excluding hydrogens is 267 g/mol. The first kappa shape index (κ1) is 14.7. The Hall–Kier alpha value is -0.680. The molecule has 3 nitrogen and oxygen atoms in total. The monoisotopic (exact) mass is 286 g/mol. The Balaban J connectivity index is 2.12. The normalized spacial score (nSPS) is 25.3. The van der Waals surface area contributed by atoms with Gasteiger partial charge in [-0.3, -0.25) is 11.3 Å². The molecule has 1 aliphatic rings. The third-order valence-electron chi connectivity index (χ3n) is 3.91. The van der Waals surface area contributed by atoms with Gasteiger partial charge in [-0.15, -0.1) is 0 Å². The van der Waals surface area contributed by atoms with E-state index >= 15 is 0 Å². The highest BCUT2D eigenvalue weighted by Gasteiger charge is 2.29. The molecule has 19 heavy (non-hydrogen) atoms. The third kappa shape index (κ3) is 3.45. The van der Waals surface area contributed by atoms with E-state index in [2.05, 4.69) is 12.3 Å². The lowest BCUT2D eigenvalue weighted by atomic mass is 9.81. The number of hydrazine groups is 1. The molecule has 1 aromatic rings. The molecule has 0 aliphatic carbocycles. The summed E-state index contributed by atoms with van der Waals surface area (Å²) in [4.78, 5) is 0. The Bertz CT molecular complexity index is 430.